The van der Waals surface area contributed by atoms with Crippen molar-refractivity contribution in [2.24, 2.45) is 16.9 Å². The lowest BCUT2D eigenvalue weighted by Crippen LogP contribution is -2.33. The Morgan fingerprint density at radius 1 is 1.22 bits per heavy atom. The molecule has 12 heteroatoms. The number of amides is 1. The number of carbonyl (C=O) groups is 2. The van der Waals surface area contributed by atoms with E-state index in [9.17, 15) is 22.8 Å². The Morgan fingerprint density at radius 3 is 2.49 bits per heavy atom. The molecule has 0 bridgehead atoms. The molecule has 0 saturated heterocycles. The summed E-state index contributed by atoms with van der Waals surface area (Å²) >= 11 is 0. The fraction of sp³-hybridized carbons (Fsp3) is 0.560. The van der Waals surface area contributed by atoms with E-state index in [4.69, 9.17) is 16.2 Å². The van der Waals surface area contributed by atoms with Crippen LogP contribution in [-0.4, -0.2) is 40.3 Å². The summed E-state index contributed by atoms with van der Waals surface area (Å²) in [5, 5.41) is 7.00. The Balaban J connectivity index is 1.69. The van der Waals surface area contributed by atoms with Crippen LogP contribution in [-0.2, 0) is 28.5 Å². The number of nitrogens with one attached hydrogen (secondary N) is 1. The lowest BCUT2D eigenvalue weighted by atomic mass is 9.76. The van der Waals surface area contributed by atoms with Crippen molar-refractivity contribution < 1.29 is 31.9 Å². The molecule has 37 heavy (non-hydrogen) atoms. The molecule has 1 aromatic heterocycles. The second-order valence-corrected chi connectivity index (χ2v) is 10.6. The van der Waals surface area contributed by atoms with E-state index in [0.717, 1.165) is 10.7 Å². The summed E-state index contributed by atoms with van der Waals surface area (Å²) in [5.41, 5.74) is 9.77. The lowest BCUT2D eigenvalue weighted by molar-refractivity contribution is -0.148. The number of hydrogen-bond donors (Lipinski definition) is 3. The van der Waals surface area contributed by atoms with E-state index in [0.29, 0.717) is 44.2 Å². The van der Waals surface area contributed by atoms with Gasteiger partial charge in [-0.15, -0.1) is 0 Å². The van der Waals surface area contributed by atoms with Crippen LogP contribution in [0.1, 0.15) is 73.3 Å². The first-order chi connectivity index (χ1) is 17.3. The molecule has 0 atom stereocenters. The molecule has 2 aliphatic rings. The van der Waals surface area contributed by atoms with Crippen molar-refractivity contribution in [1.29, 1.82) is 0 Å². The SMILES string of the molecule is CC1(C)CCc2c(C(F)(F)F)nn(-c3cc(F)c(C(N)=O)c(NC4CCC(OC(=O)CN)CC4)c3)c2C1. The first-order valence-corrected chi connectivity index (χ1v) is 12.3. The van der Waals surface area contributed by atoms with Gasteiger partial charge in [0.05, 0.1) is 23.5 Å². The molecule has 0 unspecified atom stereocenters. The second kappa shape index (κ2) is 9.96. The largest absolute Gasteiger partial charge is 0.461 e. The van der Waals surface area contributed by atoms with Crippen LogP contribution in [0.15, 0.2) is 12.1 Å². The van der Waals surface area contributed by atoms with Gasteiger partial charge in [0.15, 0.2) is 5.69 Å². The molecule has 1 saturated carbocycles. The van der Waals surface area contributed by atoms with E-state index in [1.807, 2.05) is 13.8 Å². The fourth-order valence-corrected chi connectivity index (χ4v) is 5.23. The van der Waals surface area contributed by atoms with Crippen LogP contribution in [0, 0.1) is 11.2 Å². The average molecular weight is 526 g/mol. The number of hydrogen-bond acceptors (Lipinski definition) is 6. The van der Waals surface area contributed by atoms with Crippen molar-refractivity contribution in [3.8, 4) is 5.69 Å². The normalized spacial score (nSPS) is 21.3. The molecular weight excluding hydrogens is 494 g/mol. The number of esters is 1. The first kappa shape index (κ1) is 26.9. The van der Waals surface area contributed by atoms with E-state index in [2.05, 4.69) is 10.4 Å². The number of nitrogens with zero attached hydrogens (tertiary/aromatic N) is 2. The Kier molecular flexibility index (Phi) is 7.24. The third-order valence-electron chi connectivity index (χ3n) is 7.12. The molecule has 1 amide bonds. The van der Waals surface area contributed by atoms with E-state index in [1.165, 1.54) is 6.07 Å². The molecule has 5 N–H and O–H groups in total. The van der Waals surface area contributed by atoms with Gasteiger partial charge in [-0.25, -0.2) is 9.07 Å². The van der Waals surface area contributed by atoms with Crippen LogP contribution in [0.3, 0.4) is 0 Å². The van der Waals surface area contributed by atoms with Crippen LogP contribution in [0.2, 0.25) is 0 Å². The monoisotopic (exact) mass is 525 g/mol. The van der Waals surface area contributed by atoms with Crippen molar-refractivity contribution in [3.05, 3.63) is 40.5 Å². The quantitative estimate of drug-likeness (QED) is 0.389. The lowest BCUT2D eigenvalue weighted by Gasteiger charge is -2.31. The summed E-state index contributed by atoms with van der Waals surface area (Å²) in [7, 11) is 0. The number of primary amides is 1. The van der Waals surface area contributed by atoms with Crippen molar-refractivity contribution >= 4 is 17.6 Å². The van der Waals surface area contributed by atoms with Crippen molar-refractivity contribution in [1.82, 2.24) is 9.78 Å². The highest BCUT2D eigenvalue weighted by Crippen LogP contribution is 2.42. The molecule has 2 aromatic rings. The number of carbonyl (C=O) groups excluding carboxylic acids is 2. The number of benzene rings is 1. The third kappa shape index (κ3) is 5.73. The highest BCUT2D eigenvalue weighted by molar-refractivity contribution is 5.99. The number of rotatable bonds is 6. The zero-order valence-electron chi connectivity index (χ0n) is 20.8. The average Bonchev–Trinajstić information content (AvgIpc) is 3.17. The maximum atomic E-state index is 15.2. The van der Waals surface area contributed by atoms with E-state index in [-0.39, 0.29) is 53.0 Å². The van der Waals surface area contributed by atoms with Crippen LogP contribution < -0.4 is 16.8 Å². The predicted molar refractivity (Wildman–Crippen MR) is 128 cm³/mol. The molecule has 0 spiro atoms. The number of halogens is 4. The van der Waals surface area contributed by atoms with Gasteiger partial charge in [-0.2, -0.15) is 18.3 Å². The zero-order valence-corrected chi connectivity index (χ0v) is 20.8. The van der Waals surface area contributed by atoms with Crippen molar-refractivity contribution in [2.75, 3.05) is 11.9 Å². The maximum absolute atomic E-state index is 15.2. The number of nitrogens with two attached hydrogens (primary N) is 2. The third-order valence-corrected chi connectivity index (χ3v) is 7.12. The van der Waals surface area contributed by atoms with Gasteiger partial charge >= 0.3 is 12.1 Å². The zero-order chi connectivity index (χ0) is 27.1. The van der Waals surface area contributed by atoms with Gasteiger partial charge in [-0.05, 0) is 56.4 Å². The van der Waals surface area contributed by atoms with Gasteiger partial charge in [0, 0.05) is 23.4 Å². The Hall–Kier alpha value is -3.15. The highest BCUT2D eigenvalue weighted by atomic mass is 19.4. The minimum atomic E-state index is -4.66. The Labute approximate surface area is 211 Å². The summed E-state index contributed by atoms with van der Waals surface area (Å²) in [6, 6.07) is 2.21. The minimum absolute atomic E-state index is 0.0695. The van der Waals surface area contributed by atoms with Gasteiger partial charge in [-0.1, -0.05) is 13.8 Å². The molecule has 1 fully saturated rings. The second-order valence-electron chi connectivity index (χ2n) is 10.6. The molecule has 0 radical (unpaired) electrons. The summed E-state index contributed by atoms with van der Waals surface area (Å²) in [5.74, 6) is -2.45. The van der Waals surface area contributed by atoms with Gasteiger partial charge in [0.25, 0.3) is 5.91 Å². The molecule has 1 heterocycles. The van der Waals surface area contributed by atoms with Crippen molar-refractivity contribution in [2.45, 2.75) is 77.1 Å². The summed E-state index contributed by atoms with van der Waals surface area (Å²) in [6.45, 7) is 3.72. The standard InChI is InChI=1S/C25H31F4N5O3/c1-24(2)8-7-16-19(11-24)34(33-22(16)25(27,28)29)14-9-17(26)21(23(31)36)18(10-14)32-13-3-5-15(6-4-13)37-20(35)12-30/h9-10,13,15,32H,3-8,11-12,30H2,1-2H3,(H2,31,36). The highest BCUT2D eigenvalue weighted by Gasteiger charge is 2.42. The maximum Gasteiger partial charge on any atom is 0.435 e. The molecule has 8 nitrogen and oxygen atoms in total. The number of fused-ring (bicyclic) bond motifs is 1. The Morgan fingerprint density at radius 2 is 1.89 bits per heavy atom. The van der Waals surface area contributed by atoms with E-state index in [1.54, 1.807) is 0 Å². The van der Waals surface area contributed by atoms with Gasteiger partial charge in [-0.3, -0.25) is 9.59 Å². The van der Waals surface area contributed by atoms with Crippen LogP contribution in [0.4, 0.5) is 23.2 Å². The smallest absolute Gasteiger partial charge is 0.435 e. The van der Waals surface area contributed by atoms with E-state index >= 15 is 4.39 Å². The van der Waals surface area contributed by atoms with Gasteiger partial charge in [0.1, 0.15) is 11.9 Å². The van der Waals surface area contributed by atoms with Crippen LogP contribution in [0.25, 0.3) is 5.69 Å². The summed E-state index contributed by atoms with van der Waals surface area (Å²) in [6.07, 6.45) is -1.65. The first-order valence-electron chi connectivity index (χ1n) is 12.3. The summed E-state index contributed by atoms with van der Waals surface area (Å²) in [4.78, 5) is 23.5. The van der Waals surface area contributed by atoms with E-state index < -0.39 is 29.6 Å². The number of alkyl halides is 3. The van der Waals surface area contributed by atoms with Gasteiger partial charge < -0.3 is 21.5 Å². The molecule has 4 rings (SSSR count). The molecule has 202 valence electrons. The topological polar surface area (TPSA) is 125 Å². The van der Waals surface area contributed by atoms with Gasteiger partial charge in [0.2, 0.25) is 0 Å². The molecular formula is C25H31F4N5O3. The predicted octanol–water partition coefficient (Wildman–Crippen LogP) is 3.87. The number of anilines is 1. The molecule has 2 aliphatic carbocycles. The minimum Gasteiger partial charge on any atom is -0.461 e. The molecule has 0 aliphatic heterocycles. The molecule has 1 aromatic carbocycles. The summed E-state index contributed by atoms with van der Waals surface area (Å²) < 4.78 is 63.0. The van der Waals surface area contributed by atoms with Crippen LogP contribution in [0.5, 0.6) is 0 Å². The van der Waals surface area contributed by atoms with Crippen molar-refractivity contribution in [3.63, 3.8) is 0 Å². The Bertz CT molecular complexity index is 1200. The van der Waals surface area contributed by atoms with Crippen LogP contribution >= 0.6 is 0 Å². The number of aromatic nitrogens is 2. The fourth-order valence-electron chi connectivity index (χ4n) is 5.23. The number of ether oxygens (including phenoxy) is 1.